The van der Waals surface area contributed by atoms with Gasteiger partial charge in [0.2, 0.25) is 11.8 Å². The number of nitrogens with zero attached hydrogens (tertiary/aromatic N) is 4. The number of carbonyl (C=O) groups is 2. The van der Waals surface area contributed by atoms with Gasteiger partial charge in [0.15, 0.2) is 11.6 Å². The summed E-state index contributed by atoms with van der Waals surface area (Å²) in [6.07, 6.45) is 19.9. The lowest BCUT2D eigenvalue weighted by Gasteiger charge is -2.23. The zero-order valence-corrected chi connectivity index (χ0v) is 35.3. The van der Waals surface area contributed by atoms with E-state index in [2.05, 4.69) is 30.9 Å². The van der Waals surface area contributed by atoms with Gasteiger partial charge in [-0.3, -0.25) is 9.59 Å². The van der Waals surface area contributed by atoms with Crippen LogP contribution in [0.5, 0.6) is 0 Å². The van der Waals surface area contributed by atoms with Crippen molar-refractivity contribution in [3.63, 3.8) is 0 Å². The SMILES string of the molecule is CCOCCNCc1noc([C@H](CCCC2CCCCC2)CC(=O)O)n1.CCOCCNCc1noc([C@H](CCCC2CCCCC2)CC(=O)OC(C)(C)C)n1. The third-order valence-corrected chi connectivity index (χ3v) is 10.5. The van der Waals surface area contributed by atoms with Crippen LogP contribution in [-0.4, -0.2) is 82.4 Å². The summed E-state index contributed by atoms with van der Waals surface area (Å²) >= 11 is 0. The van der Waals surface area contributed by atoms with Crippen LogP contribution >= 0.6 is 0 Å². The Balaban J connectivity index is 0.000000303. The second kappa shape index (κ2) is 27.7. The minimum Gasteiger partial charge on any atom is -0.481 e. The number of aliphatic carboxylic acids is 1. The van der Waals surface area contributed by atoms with Crippen molar-refractivity contribution in [1.29, 1.82) is 0 Å². The summed E-state index contributed by atoms with van der Waals surface area (Å²) < 4.78 is 27.0. The van der Waals surface area contributed by atoms with Gasteiger partial charge in [-0.1, -0.05) is 100 Å². The number of carbonyl (C=O) groups excluding carboxylic acids is 1. The topological polar surface area (TPSA) is 184 Å². The van der Waals surface area contributed by atoms with E-state index in [0.29, 0.717) is 62.9 Å². The molecular formula is C42H74N6O8. The first kappa shape index (κ1) is 47.4. The van der Waals surface area contributed by atoms with E-state index in [4.69, 9.17) is 23.3 Å². The first-order chi connectivity index (χ1) is 27.1. The highest BCUT2D eigenvalue weighted by Crippen LogP contribution is 2.33. The molecule has 0 unspecified atom stereocenters. The smallest absolute Gasteiger partial charge is 0.307 e. The summed E-state index contributed by atoms with van der Waals surface area (Å²) in [5.74, 6) is 2.51. The molecule has 2 aromatic heterocycles. The Hall–Kier alpha value is -2.94. The van der Waals surface area contributed by atoms with Crippen LogP contribution in [0, 0.1) is 11.8 Å². The summed E-state index contributed by atoms with van der Waals surface area (Å²) in [6, 6.07) is 0. The van der Waals surface area contributed by atoms with Gasteiger partial charge in [0.05, 0.1) is 39.1 Å². The van der Waals surface area contributed by atoms with Crippen molar-refractivity contribution in [1.82, 2.24) is 30.9 Å². The van der Waals surface area contributed by atoms with E-state index in [1.165, 1.54) is 77.0 Å². The molecule has 320 valence electrons. The fraction of sp³-hybridized carbons (Fsp3) is 0.857. The molecule has 14 nitrogen and oxygen atoms in total. The fourth-order valence-electron chi connectivity index (χ4n) is 7.67. The van der Waals surface area contributed by atoms with Gasteiger partial charge in [-0.05, 0) is 59.3 Å². The average molecular weight is 791 g/mol. The Morgan fingerprint density at radius 1 is 0.732 bits per heavy atom. The highest BCUT2D eigenvalue weighted by Gasteiger charge is 2.27. The zero-order valence-electron chi connectivity index (χ0n) is 35.3. The van der Waals surface area contributed by atoms with Crippen molar-refractivity contribution in [2.24, 2.45) is 11.8 Å². The summed E-state index contributed by atoms with van der Waals surface area (Å²) in [5.41, 5.74) is -0.492. The number of carboxylic acid groups (broad SMARTS) is 1. The summed E-state index contributed by atoms with van der Waals surface area (Å²) in [6.45, 7) is 14.8. The first-order valence-electron chi connectivity index (χ1n) is 21.7. The monoisotopic (exact) mass is 791 g/mol. The molecule has 0 saturated heterocycles. The molecule has 4 rings (SSSR count). The van der Waals surface area contributed by atoms with Crippen LogP contribution < -0.4 is 10.6 Å². The van der Waals surface area contributed by atoms with E-state index in [1.807, 2.05) is 34.6 Å². The van der Waals surface area contributed by atoms with Gasteiger partial charge in [-0.15, -0.1) is 0 Å². The number of rotatable bonds is 26. The first-order valence-corrected chi connectivity index (χ1v) is 21.7. The van der Waals surface area contributed by atoms with E-state index < -0.39 is 11.6 Å². The number of hydrogen-bond acceptors (Lipinski definition) is 13. The molecule has 2 fully saturated rings. The second-order valence-electron chi connectivity index (χ2n) is 16.5. The molecular weight excluding hydrogens is 716 g/mol. The van der Waals surface area contributed by atoms with Crippen LogP contribution in [0.15, 0.2) is 9.05 Å². The molecule has 2 aromatic rings. The Morgan fingerprint density at radius 2 is 1.18 bits per heavy atom. The van der Waals surface area contributed by atoms with Gasteiger partial charge < -0.3 is 39.0 Å². The Kier molecular flexibility index (Phi) is 23.4. The lowest BCUT2D eigenvalue weighted by atomic mass is 9.84. The number of hydrogen-bond donors (Lipinski definition) is 3. The molecule has 0 bridgehead atoms. The largest absolute Gasteiger partial charge is 0.481 e. The normalized spacial score (nSPS) is 16.6. The molecule has 2 atom stereocenters. The minimum atomic E-state index is -0.817. The number of nitrogens with one attached hydrogen (secondary N) is 2. The van der Waals surface area contributed by atoms with Crippen molar-refractivity contribution in [2.75, 3.05) is 39.5 Å². The van der Waals surface area contributed by atoms with Gasteiger partial charge in [0.1, 0.15) is 5.60 Å². The second-order valence-corrected chi connectivity index (χ2v) is 16.5. The van der Waals surface area contributed by atoms with Crippen molar-refractivity contribution in [3.8, 4) is 0 Å². The van der Waals surface area contributed by atoms with Crippen LogP contribution in [0.3, 0.4) is 0 Å². The van der Waals surface area contributed by atoms with Gasteiger partial charge in [-0.2, -0.15) is 9.97 Å². The van der Waals surface area contributed by atoms with Crippen molar-refractivity contribution in [2.45, 2.75) is 181 Å². The van der Waals surface area contributed by atoms with E-state index in [0.717, 1.165) is 50.6 Å². The molecule has 2 aliphatic rings. The Labute approximate surface area is 335 Å². The third-order valence-electron chi connectivity index (χ3n) is 10.5. The quantitative estimate of drug-likeness (QED) is 0.0611. The molecule has 2 aliphatic carbocycles. The zero-order chi connectivity index (χ0) is 40.4. The predicted molar refractivity (Wildman–Crippen MR) is 214 cm³/mol. The maximum Gasteiger partial charge on any atom is 0.307 e. The molecule has 2 heterocycles. The number of aromatic nitrogens is 4. The van der Waals surface area contributed by atoms with Crippen molar-refractivity contribution in [3.05, 3.63) is 23.4 Å². The summed E-state index contributed by atoms with van der Waals surface area (Å²) in [4.78, 5) is 32.6. The number of carboxylic acids is 1. The third kappa shape index (κ3) is 21.0. The lowest BCUT2D eigenvalue weighted by molar-refractivity contribution is -0.155. The Bertz CT molecular complexity index is 1320. The van der Waals surface area contributed by atoms with Crippen LogP contribution in [-0.2, 0) is 36.9 Å². The molecule has 0 spiro atoms. The van der Waals surface area contributed by atoms with Gasteiger partial charge in [-0.25, -0.2) is 0 Å². The molecule has 14 heteroatoms. The van der Waals surface area contributed by atoms with Crippen LogP contribution in [0.1, 0.15) is 185 Å². The summed E-state index contributed by atoms with van der Waals surface area (Å²) in [5, 5.41) is 23.7. The van der Waals surface area contributed by atoms with E-state index >= 15 is 0 Å². The van der Waals surface area contributed by atoms with Crippen LogP contribution in [0.4, 0.5) is 0 Å². The Morgan fingerprint density at radius 3 is 1.59 bits per heavy atom. The molecule has 0 radical (unpaired) electrons. The average Bonchev–Trinajstić information content (AvgIpc) is 3.85. The molecule has 0 aliphatic heterocycles. The van der Waals surface area contributed by atoms with Crippen LogP contribution in [0.25, 0.3) is 0 Å². The lowest BCUT2D eigenvalue weighted by Crippen LogP contribution is -2.25. The number of esters is 1. The van der Waals surface area contributed by atoms with Gasteiger partial charge in [0.25, 0.3) is 0 Å². The molecule has 0 aromatic carbocycles. The highest BCUT2D eigenvalue weighted by atomic mass is 16.6. The summed E-state index contributed by atoms with van der Waals surface area (Å²) in [7, 11) is 0. The van der Waals surface area contributed by atoms with Crippen molar-refractivity contribution < 1.29 is 38.0 Å². The minimum absolute atomic E-state index is 0.0457. The van der Waals surface area contributed by atoms with Crippen LogP contribution in [0.2, 0.25) is 0 Å². The maximum atomic E-state index is 12.4. The number of ether oxygens (including phenoxy) is 3. The van der Waals surface area contributed by atoms with E-state index in [9.17, 15) is 14.7 Å². The fourth-order valence-corrected chi connectivity index (χ4v) is 7.67. The van der Waals surface area contributed by atoms with Gasteiger partial charge in [0, 0.05) is 38.1 Å². The molecule has 56 heavy (non-hydrogen) atoms. The maximum absolute atomic E-state index is 12.4. The molecule has 0 amide bonds. The van der Waals surface area contributed by atoms with E-state index in [1.54, 1.807) is 0 Å². The predicted octanol–water partition coefficient (Wildman–Crippen LogP) is 8.27. The van der Waals surface area contributed by atoms with Gasteiger partial charge >= 0.3 is 11.9 Å². The van der Waals surface area contributed by atoms with E-state index in [-0.39, 0.29) is 30.6 Å². The molecule has 3 N–H and O–H groups in total. The molecule has 2 saturated carbocycles. The standard InChI is InChI=1S/C23H41N3O4.C19H33N3O4/c1-5-28-15-14-24-17-20-25-22(30-26-20)19(16-21(27)29-23(2,3)4)13-9-12-18-10-7-6-8-11-18;1-2-25-12-11-20-14-17-21-19(26-22-17)16(13-18(23)24)10-6-9-15-7-4-3-5-8-15/h18-19,24H,5-17H2,1-4H3;15-16,20H,2-14H2,1H3,(H,23,24)/t19-;16-/m11/s1. The van der Waals surface area contributed by atoms with Crippen molar-refractivity contribution >= 4 is 11.9 Å². The highest BCUT2D eigenvalue weighted by molar-refractivity contribution is 5.70.